The second-order valence-electron chi connectivity index (χ2n) is 10.8. The maximum atomic E-state index is 12.2. The molecule has 0 spiro atoms. The highest BCUT2D eigenvalue weighted by Gasteiger charge is 2.62. The van der Waals surface area contributed by atoms with E-state index in [0.29, 0.717) is 18.3 Å². The van der Waals surface area contributed by atoms with Crippen LogP contribution in [0.1, 0.15) is 70.3 Å². The number of aliphatic hydroxyl groups is 1. The molecule has 0 aromatic heterocycles. The van der Waals surface area contributed by atoms with Gasteiger partial charge in [0.1, 0.15) is 5.60 Å². The summed E-state index contributed by atoms with van der Waals surface area (Å²) >= 11 is 0. The molecule has 0 saturated heterocycles. The van der Waals surface area contributed by atoms with Gasteiger partial charge in [0.05, 0.1) is 0 Å². The van der Waals surface area contributed by atoms with Crippen LogP contribution in [0, 0.1) is 29.1 Å². The average molecular weight is 430 g/mol. The van der Waals surface area contributed by atoms with E-state index in [2.05, 4.69) is 62.0 Å². The fraction of sp³-hybridized carbons (Fsp3) is 0.552. The number of hydrogen-bond acceptors (Lipinski definition) is 3. The van der Waals surface area contributed by atoms with Crippen LogP contribution in [0.3, 0.4) is 0 Å². The predicted molar refractivity (Wildman–Crippen MR) is 129 cm³/mol. The lowest BCUT2D eigenvalue weighted by Gasteiger charge is -2.53. The van der Waals surface area contributed by atoms with E-state index in [1.165, 1.54) is 22.4 Å². The molecule has 0 aliphatic heterocycles. The van der Waals surface area contributed by atoms with Crippen molar-refractivity contribution >= 4 is 11.5 Å². The molecule has 0 heterocycles. The molecule has 3 nitrogen and oxygen atoms in total. The fourth-order valence-corrected chi connectivity index (χ4v) is 7.40. The standard InChI is InChI=1S/C29H35NO2/c1-5-14-29(32)15-13-26-24-11-9-20-17-22(31)10-12-23(20)27(24)25(18-28(26,29)2)19-7-6-8-21(16-19)30(3)4/h6-8,16-17,24-26,32H,9-13,15,18H2,1-4H3/t24-,25+,26-,28-,29-/m0/s1. The first kappa shape index (κ1) is 21.5. The third kappa shape index (κ3) is 3.11. The minimum Gasteiger partial charge on any atom is -0.378 e. The molecule has 1 aromatic carbocycles. The van der Waals surface area contributed by atoms with Crippen molar-refractivity contribution < 1.29 is 9.90 Å². The van der Waals surface area contributed by atoms with Crippen LogP contribution in [-0.4, -0.2) is 30.6 Å². The molecule has 1 aromatic rings. The second kappa shape index (κ2) is 7.63. The Kier molecular flexibility index (Phi) is 5.13. The number of fused-ring (bicyclic) bond motifs is 4. The molecule has 5 rings (SSSR count). The van der Waals surface area contributed by atoms with Gasteiger partial charge in [0, 0.05) is 37.5 Å². The lowest BCUT2D eigenvalue weighted by Crippen LogP contribution is -2.51. The van der Waals surface area contributed by atoms with Crippen molar-refractivity contribution in [3.05, 3.63) is 52.6 Å². The van der Waals surface area contributed by atoms with E-state index in [0.717, 1.165) is 38.5 Å². The van der Waals surface area contributed by atoms with Gasteiger partial charge in [-0.3, -0.25) is 4.79 Å². The summed E-state index contributed by atoms with van der Waals surface area (Å²) in [6.45, 7) is 4.15. The Morgan fingerprint density at radius 2 is 1.97 bits per heavy atom. The van der Waals surface area contributed by atoms with Gasteiger partial charge < -0.3 is 10.0 Å². The van der Waals surface area contributed by atoms with Crippen LogP contribution in [-0.2, 0) is 4.79 Å². The molecule has 1 N–H and O–H groups in total. The Labute approximate surface area is 192 Å². The number of rotatable bonds is 2. The van der Waals surface area contributed by atoms with Gasteiger partial charge in [-0.15, -0.1) is 5.92 Å². The monoisotopic (exact) mass is 429 g/mol. The predicted octanol–water partition coefficient (Wildman–Crippen LogP) is 5.41. The zero-order valence-corrected chi connectivity index (χ0v) is 19.9. The molecule has 0 amide bonds. The second-order valence-corrected chi connectivity index (χ2v) is 10.8. The van der Waals surface area contributed by atoms with Gasteiger partial charge in [0.15, 0.2) is 5.78 Å². The van der Waals surface area contributed by atoms with Crippen molar-refractivity contribution in [1.29, 1.82) is 0 Å². The molecule has 2 fully saturated rings. The van der Waals surface area contributed by atoms with E-state index in [1.807, 2.05) is 13.0 Å². The van der Waals surface area contributed by atoms with Crippen molar-refractivity contribution in [1.82, 2.24) is 0 Å². The highest BCUT2D eigenvalue weighted by atomic mass is 16.3. The summed E-state index contributed by atoms with van der Waals surface area (Å²) in [7, 11) is 4.17. The number of anilines is 1. The van der Waals surface area contributed by atoms with Crippen LogP contribution in [0.5, 0.6) is 0 Å². The molecule has 0 bridgehead atoms. The fourth-order valence-electron chi connectivity index (χ4n) is 7.40. The summed E-state index contributed by atoms with van der Waals surface area (Å²) < 4.78 is 0. The van der Waals surface area contributed by atoms with Gasteiger partial charge in [-0.2, -0.15) is 0 Å². The molecule has 2 saturated carbocycles. The first-order chi connectivity index (χ1) is 15.3. The molecule has 0 radical (unpaired) electrons. The van der Waals surface area contributed by atoms with Crippen LogP contribution in [0.25, 0.3) is 0 Å². The topological polar surface area (TPSA) is 40.5 Å². The van der Waals surface area contributed by atoms with E-state index >= 15 is 0 Å². The Morgan fingerprint density at radius 3 is 2.72 bits per heavy atom. The molecule has 5 atom stereocenters. The first-order valence-corrected chi connectivity index (χ1v) is 12.2. The maximum Gasteiger partial charge on any atom is 0.156 e. The molecule has 3 heteroatoms. The van der Waals surface area contributed by atoms with Gasteiger partial charge in [-0.1, -0.05) is 30.6 Å². The molecule has 0 unspecified atom stereocenters. The Balaban J connectivity index is 1.70. The normalized spacial score (nSPS) is 35.8. The SMILES string of the molecule is CC#C[C@]1(O)CC[C@H]2[C@@H]3CCC4=CC(=O)CCC4=C3[C@@H](c3cccc(N(C)C)c3)C[C@@]21C. The Bertz CT molecular complexity index is 1080. The van der Waals surface area contributed by atoms with E-state index in [9.17, 15) is 9.90 Å². The Morgan fingerprint density at radius 1 is 1.16 bits per heavy atom. The highest BCUT2D eigenvalue weighted by molar-refractivity contribution is 5.93. The lowest BCUT2D eigenvalue weighted by atomic mass is 9.51. The molecular weight excluding hydrogens is 394 g/mol. The summed E-state index contributed by atoms with van der Waals surface area (Å²) in [6.07, 6.45) is 8.22. The number of hydrogen-bond donors (Lipinski definition) is 1. The summed E-state index contributed by atoms with van der Waals surface area (Å²) in [5, 5.41) is 11.8. The minimum absolute atomic E-state index is 0.227. The first-order valence-electron chi connectivity index (χ1n) is 12.2. The van der Waals surface area contributed by atoms with Crippen molar-refractivity contribution in [3.8, 4) is 11.8 Å². The molecule has 4 aliphatic carbocycles. The summed E-state index contributed by atoms with van der Waals surface area (Å²) in [4.78, 5) is 14.3. The van der Waals surface area contributed by atoms with Crippen LogP contribution < -0.4 is 4.90 Å². The number of carbonyl (C=O) groups excluding carboxylic acids is 1. The number of benzene rings is 1. The van der Waals surface area contributed by atoms with Gasteiger partial charge in [0.25, 0.3) is 0 Å². The molecule has 32 heavy (non-hydrogen) atoms. The zero-order valence-electron chi connectivity index (χ0n) is 19.9. The summed E-state index contributed by atoms with van der Waals surface area (Å²) in [5.74, 6) is 7.75. The van der Waals surface area contributed by atoms with Gasteiger partial charge in [-0.05, 0) is 92.2 Å². The molecule has 168 valence electrons. The number of carbonyl (C=O) groups is 1. The van der Waals surface area contributed by atoms with Crippen molar-refractivity contribution in [2.75, 3.05) is 19.0 Å². The van der Waals surface area contributed by atoms with Crippen molar-refractivity contribution in [2.24, 2.45) is 17.3 Å². The highest BCUT2D eigenvalue weighted by Crippen LogP contribution is 2.66. The third-order valence-corrected chi connectivity index (χ3v) is 9.01. The number of allylic oxidation sites excluding steroid dienone is 4. The van der Waals surface area contributed by atoms with Crippen molar-refractivity contribution in [2.45, 2.75) is 70.3 Å². The molecular formula is C29H35NO2. The van der Waals surface area contributed by atoms with E-state index in [-0.39, 0.29) is 17.1 Å². The minimum atomic E-state index is -0.918. The van der Waals surface area contributed by atoms with E-state index in [4.69, 9.17) is 0 Å². The van der Waals surface area contributed by atoms with Crippen LogP contribution in [0.2, 0.25) is 0 Å². The summed E-state index contributed by atoms with van der Waals surface area (Å²) in [6, 6.07) is 8.91. The number of nitrogens with zero attached hydrogens (tertiary/aromatic N) is 1. The number of ketones is 1. The van der Waals surface area contributed by atoms with Crippen LogP contribution >= 0.6 is 0 Å². The van der Waals surface area contributed by atoms with Crippen LogP contribution in [0.15, 0.2) is 47.1 Å². The third-order valence-electron chi connectivity index (χ3n) is 9.01. The Hall–Kier alpha value is -2.31. The zero-order chi connectivity index (χ0) is 22.7. The largest absolute Gasteiger partial charge is 0.378 e. The average Bonchev–Trinajstić information content (AvgIpc) is 3.03. The lowest BCUT2D eigenvalue weighted by molar-refractivity contribution is -0.114. The maximum absolute atomic E-state index is 12.2. The van der Waals surface area contributed by atoms with Crippen molar-refractivity contribution in [3.63, 3.8) is 0 Å². The van der Waals surface area contributed by atoms with Gasteiger partial charge in [0.2, 0.25) is 0 Å². The smallest absolute Gasteiger partial charge is 0.156 e. The molecule has 4 aliphatic rings. The quantitative estimate of drug-likeness (QED) is 0.640. The van der Waals surface area contributed by atoms with E-state index < -0.39 is 5.60 Å². The van der Waals surface area contributed by atoms with Crippen LogP contribution in [0.4, 0.5) is 5.69 Å². The van der Waals surface area contributed by atoms with E-state index in [1.54, 1.807) is 5.57 Å². The van der Waals surface area contributed by atoms with Gasteiger partial charge >= 0.3 is 0 Å². The van der Waals surface area contributed by atoms with Gasteiger partial charge in [-0.25, -0.2) is 0 Å². The summed E-state index contributed by atoms with van der Waals surface area (Å²) in [5.41, 5.74) is 5.71.